The summed E-state index contributed by atoms with van der Waals surface area (Å²) in [7, 11) is 2.20. The van der Waals surface area contributed by atoms with Gasteiger partial charge in [-0.05, 0) is 75.8 Å². The van der Waals surface area contributed by atoms with Gasteiger partial charge in [0.15, 0.2) is 0 Å². The van der Waals surface area contributed by atoms with Gasteiger partial charge in [-0.2, -0.15) is 0 Å². The molecule has 2 aliphatic rings. The van der Waals surface area contributed by atoms with E-state index in [0.717, 1.165) is 30.9 Å². The van der Waals surface area contributed by atoms with Gasteiger partial charge in [-0.15, -0.1) is 0 Å². The number of hydrogen-bond acceptors (Lipinski definition) is 2. The minimum absolute atomic E-state index is 0.0359. The SMILES string of the molecule is CN1CCC(CNC2CC(c3ccccc3F)C2)CC1. The van der Waals surface area contributed by atoms with Crippen molar-refractivity contribution in [1.29, 1.82) is 0 Å². The first-order chi connectivity index (χ1) is 9.72. The Balaban J connectivity index is 1.39. The molecule has 1 saturated carbocycles. The zero-order valence-electron chi connectivity index (χ0n) is 12.3. The fourth-order valence-corrected chi connectivity index (χ4v) is 3.44. The molecule has 2 nitrogen and oxygen atoms in total. The lowest BCUT2D eigenvalue weighted by molar-refractivity contribution is 0.198. The third-order valence-electron chi connectivity index (χ3n) is 5.02. The number of likely N-dealkylation sites (tertiary alicyclic amines) is 1. The Morgan fingerprint density at radius 2 is 1.90 bits per heavy atom. The maximum absolute atomic E-state index is 13.7. The standard InChI is InChI=1S/C17H25FN2/c1-20-8-6-13(7-9-20)12-19-15-10-14(11-15)16-4-2-3-5-17(16)18/h2-5,13-15,19H,6-12H2,1H3. The topological polar surface area (TPSA) is 15.3 Å². The number of rotatable bonds is 4. The number of halogens is 1. The molecule has 1 aliphatic carbocycles. The Morgan fingerprint density at radius 1 is 1.20 bits per heavy atom. The van der Waals surface area contributed by atoms with Crippen molar-refractivity contribution in [3.63, 3.8) is 0 Å². The van der Waals surface area contributed by atoms with E-state index >= 15 is 0 Å². The van der Waals surface area contributed by atoms with Crippen LogP contribution in [0.1, 0.15) is 37.2 Å². The van der Waals surface area contributed by atoms with E-state index in [1.54, 1.807) is 12.1 Å². The lowest BCUT2D eigenvalue weighted by Gasteiger charge is -2.38. The lowest BCUT2D eigenvalue weighted by atomic mass is 9.75. The summed E-state index contributed by atoms with van der Waals surface area (Å²) in [5.74, 6) is 1.22. The van der Waals surface area contributed by atoms with Crippen LogP contribution in [0.5, 0.6) is 0 Å². The van der Waals surface area contributed by atoms with Crippen molar-refractivity contribution < 1.29 is 4.39 Å². The maximum atomic E-state index is 13.7. The third-order valence-corrected chi connectivity index (χ3v) is 5.02. The molecular formula is C17H25FN2. The molecule has 1 heterocycles. The number of nitrogens with one attached hydrogen (secondary N) is 1. The highest BCUT2D eigenvalue weighted by Gasteiger charge is 2.32. The van der Waals surface area contributed by atoms with Crippen molar-refractivity contribution >= 4 is 0 Å². The molecule has 1 aromatic rings. The van der Waals surface area contributed by atoms with Crippen molar-refractivity contribution in [2.24, 2.45) is 5.92 Å². The molecule has 2 fully saturated rings. The Bertz CT molecular complexity index is 434. The van der Waals surface area contributed by atoms with Crippen molar-refractivity contribution in [1.82, 2.24) is 10.2 Å². The molecule has 1 N–H and O–H groups in total. The second-order valence-corrected chi connectivity index (χ2v) is 6.54. The lowest BCUT2D eigenvalue weighted by Crippen LogP contribution is -2.44. The van der Waals surface area contributed by atoms with Crippen molar-refractivity contribution in [3.8, 4) is 0 Å². The molecule has 0 spiro atoms. The average Bonchev–Trinajstić information content (AvgIpc) is 2.41. The van der Waals surface area contributed by atoms with E-state index in [4.69, 9.17) is 0 Å². The minimum Gasteiger partial charge on any atom is -0.314 e. The Hall–Kier alpha value is -0.930. The van der Waals surface area contributed by atoms with Crippen LogP contribution in [-0.2, 0) is 0 Å². The van der Waals surface area contributed by atoms with Gasteiger partial charge in [0.1, 0.15) is 5.82 Å². The fourth-order valence-electron chi connectivity index (χ4n) is 3.44. The molecule has 0 atom stereocenters. The number of hydrogen-bond donors (Lipinski definition) is 1. The Kier molecular flexibility index (Phi) is 4.37. The molecule has 3 rings (SSSR count). The first kappa shape index (κ1) is 14.0. The molecule has 1 aromatic carbocycles. The first-order valence-electron chi connectivity index (χ1n) is 7.88. The summed E-state index contributed by atoms with van der Waals surface area (Å²) in [6.45, 7) is 3.60. The number of nitrogens with zero attached hydrogens (tertiary/aromatic N) is 1. The summed E-state index contributed by atoms with van der Waals surface area (Å²) in [5, 5.41) is 3.68. The highest BCUT2D eigenvalue weighted by molar-refractivity contribution is 5.24. The number of piperidine rings is 1. The van der Waals surface area contributed by atoms with Gasteiger partial charge in [0.2, 0.25) is 0 Å². The van der Waals surface area contributed by atoms with Crippen LogP contribution in [0.25, 0.3) is 0 Å². The van der Waals surface area contributed by atoms with Crippen LogP contribution in [0.2, 0.25) is 0 Å². The molecule has 0 aromatic heterocycles. The van der Waals surface area contributed by atoms with Crippen molar-refractivity contribution in [2.75, 3.05) is 26.7 Å². The van der Waals surface area contributed by atoms with Gasteiger partial charge in [-0.3, -0.25) is 0 Å². The van der Waals surface area contributed by atoms with Gasteiger partial charge < -0.3 is 10.2 Å². The molecule has 0 unspecified atom stereocenters. The van der Waals surface area contributed by atoms with Crippen LogP contribution in [0.3, 0.4) is 0 Å². The quantitative estimate of drug-likeness (QED) is 0.909. The monoisotopic (exact) mass is 276 g/mol. The van der Waals surface area contributed by atoms with E-state index in [2.05, 4.69) is 17.3 Å². The zero-order valence-corrected chi connectivity index (χ0v) is 12.3. The molecule has 1 aliphatic heterocycles. The van der Waals surface area contributed by atoms with E-state index < -0.39 is 0 Å². The minimum atomic E-state index is -0.0359. The second kappa shape index (κ2) is 6.23. The summed E-state index contributed by atoms with van der Waals surface area (Å²) < 4.78 is 13.7. The van der Waals surface area contributed by atoms with E-state index in [-0.39, 0.29) is 5.82 Å². The highest BCUT2D eigenvalue weighted by Crippen LogP contribution is 2.38. The van der Waals surface area contributed by atoms with Crippen molar-refractivity contribution in [3.05, 3.63) is 35.6 Å². The van der Waals surface area contributed by atoms with Crippen LogP contribution in [0, 0.1) is 11.7 Å². The second-order valence-electron chi connectivity index (χ2n) is 6.54. The van der Waals surface area contributed by atoms with Crippen molar-refractivity contribution in [2.45, 2.75) is 37.6 Å². The van der Waals surface area contributed by atoms with Gasteiger partial charge in [0.25, 0.3) is 0 Å². The maximum Gasteiger partial charge on any atom is 0.126 e. The number of benzene rings is 1. The summed E-state index contributed by atoms with van der Waals surface area (Å²) in [5.41, 5.74) is 0.907. The van der Waals surface area contributed by atoms with E-state index in [0.29, 0.717) is 12.0 Å². The predicted octanol–water partition coefficient (Wildman–Crippen LogP) is 3.00. The van der Waals surface area contributed by atoms with Gasteiger partial charge in [0, 0.05) is 6.04 Å². The third kappa shape index (κ3) is 3.21. The molecule has 3 heteroatoms. The molecule has 1 saturated heterocycles. The van der Waals surface area contributed by atoms with E-state index in [1.165, 1.54) is 25.9 Å². The molecule has 110 valence electrons. The summed E-state index contributed by atoms with van der Waals surface area (Å²) in [4.78, 5) is 2.41. The molecular weight excluding hydrogens is 251 g/mol. The Morgan fingerprint density at radius 3 is 2.60 bits per heavy atom. The van der Waals surface area contributed by atoms with Gasteiger partial charge in [-0.25, -0.2) is 4.39 Å². The summed E-state index contributed by atoms with van der Waals surface area (Å²) >= 11 is 0. The Labute approximate surface area is 121 Å². The van der Waals surface area contributed by atoms with Gasteiger partial charge >= 0.3 is 0 Å². The van der Waals surface area contributed by atoms with E-state index in [1.807, 2.05) is 12.1 Å². The largest absolute Gasteiger partial charge is 0.314 e. The predicted molar refractivity (Wildman–Crippen MR) is 80.4 cm³/mol. The van der Waals surface area contributed by atoms with E-state index in [9.17, 15) is 4.39 Å². The van der Waals surface area contributed by atoms with Crippen LogP contribution in [0.4, 0.5) is 4.39 Å². The van der Waals surface area contributed by atoms with Crippen LogP contribution in [-0.4, -0.2) is 37.6 Å². The average molecular weight is 276 g/mol. The highest BCUT2D eigenvalue weighted by atomic mass is 19.1. The van der Waals surface area contributed by atoms with Gasteiger partial charge in [0.05, 0.1) is 0 Å². The molecule has 0 amide bonds. The summed E-state index contributed by atoms with van der Waals surface area (Å²) in [6, 6.07) is 7.83. The molecule has 0 radical (unpaired) electrons. The van der Waals surface area contributed by atoms with Crippen LogP contribution >= 0.6 is 0 Å². The van der Waals surface area contributed by atoms with Gasteiger partial charge in [-0.1, -0.05) is 18.2 Å². The summed E-state index contributed by atoms with van der Waals surface area (Å²) in [6.07, 6.45) is 4.81. The zero-order chi connectivity index (χ0) is 13.9. The smallest absolute Gasteiger partial charge is 0.126 e. The fraction of sp³-hybridized carbons (Fsp3) is 0.647. The molecule has 0 bridgehead atoms. The van der Waals surface area contributed by atoms with Crippen LogP contribution in [0.15, 0.2) is 24.3 Å². The van der Waals surface area contributed by atoms with Crippen LogP contribution < -0.4 is 5.32 Å². The molecule has 20 heavy (non-hydrogen) atoms. The first-order valence-corrected chi connectivity index (χ1v) is 7.88. The normalized spacial score (nSPS) is 28.3.